The Bertz CT molecular complexity index is 312. The molecular weight excluding hydrogens is 254 g/mol. The van der Waals surface area contributed by atoms with Crippen LogP contribution in [0.5, 0.6) is 0 Å². The van der Waals surface area contributed by atoms with E-state index in [1.54, 1.807) is 4.90 Å². The molecule has 2 rings (SSSR count). The van der Waals surface area contributed by atoms with Crippen molar-refractivity contribution in [3.8, 4) is 0 Å². The van der Waals surface area contributed by atoms with Crippen molar-refractivity contribution in [2.75, 3.05) is 33.2 Å². The molecule has 2 aliphatic heterocycles. The lowest BCUT2D eigenvalue weighted by atomic mass is 10.1. The molecule has 2 saturated heterocycles. The molecule has 104 valence electrons. The zero-order valence-electron chi connectivity index (χ0n) is 10.9. The number of likely N-dealkylation sites (N-methyl/N-ethyl adjacent to an activating group) is 1. The summed E-state index contributed by atoms with van der Waals surface area (Å²) < 4.78 is 0. The predicted octanol–water partition coefficient (Wildman–Crippen LogP) is 0.241. The number of carbonyl (C=O) groups is 2. The van der Waals surface area contributed by atoms with E-state index in [2.05, 4.69) is 5.32 Å². The first-order valence-electron chi connectivity index (χ1n) is 6.43. The summed E-state index contributed by atoms with van der Waals surface area (Å²) in [6, 6.07) is 0.405. The molecule has 0 spiro atoms. The third-order valence-electron chi connectivity index (χ3n) is 3.68. The molecule has 18 heavy (non-hydrogen) atoms. The Labute approximate surface area is 114 Å². The molecule has 0 aromatic rings. The molecule has 2 aliphatic rings. The van der Waals surface area contributed by atoms with Crippen molar-refractivity contribution in [3.05, 3.63) is 0 Å². The molecule has 0 aliphatic carbocycles. The van der Waals surface area contributed by atoms with E-state index in [-0.39, 0.29) is 30.8 Å². The Kier molecular flexibility index (Phi) is 5.88. The Morgan fingerprint density at radius 2 is 2.17 bits per heavy atom. The van der Waals surface area contributed by atoms with Crippen LogP contribution in [0.1, 0.15) is 25.7 Å². The molecule has 0 radical (unpaired) electrons. The fourth-order valence-corrected chi connectivity index (χ4v) is 2.57. The van der Waals surface area contributed by atoms with Crippen LogP contribution in [0.3, 0.4) is 0 Å². The van der Waals surface area contributed by atoms with Crippen molar-refractivity contribution < 1.29 is 9.59 Å². The summed E-state index contributed by atoms with van der Waals surface area (Å²) in [6.45, 7) is 2.62. The number of rotatable bonds is 3. The van der Waals surface area contributed by atoms with Crippen LogP contribution in [-0.2, 0) is 9.59 Å². The van der Waals surface area contributed by atoms with Crippen LogP contribution in [0.25, 0.3) is 0 Å². The number of nitrogens with zero attached hydrogens (tertiary/aromatic N) is 2. The van der Waals surface area contributed by atoms with Crippen LogP contribution in [0, 0.1) is 0 Å². The number of hydrogen-bond donors (Lipinski definition) is 1. The summed E-state index contributed by atoms with van der Waals surface area (Å²) in [4.78, 5) is 27.1. The molecular formula is C12H22ClN3O2. The minimum atomic E-state index is 0. The Morgan fingerprint density at radius 1 is 1.39 bits per heavy atom. The minimum Gasteiger partial charge on any atom is -0.340 e. The Morgan fingerprint density at radius 3 is 2.78 bits per heavy atom. The quantitative estimate of drug-likeness (QED) is 0.803. The number of hydrogen-bond acceptors (Lipinski definition) is 3. The van der Waals surface area contributed by atoms with E-state index < -0.39 is 0 Å². The molecule has 0 bridgehead atoms. The van der Waals surface area contributed by atoms with Crippen LogP contribution in [-0.4, -0.2) is 60.9 Å². The van der Waals surface area contributed by atoms with Crippen molar-refractivity contribution in [3.63, 3.8) is 0 Å². The van der Waals surface area contributed by atoms with Crippen LogP contribution in [0.2, 0.25) is 0 Å². The average molecular weight is 276 g/mol. The Balaban J connectivity index is 0.00000162. The highest BCUT2D eigenvalue weighted by Crippen LogP contribution is 2.13. The van der Waals surface area contributed by atoms with Gasteiger partial charge in [0.1, 0.15) is 0 Å². The average Bonchev–Trinajstić information content (AvgIpc) is 2.75. The van der Waals surface area contributed by atoms with Gasteiger partial charge in [-0.2, -0.15) is 0 Å². The van der Waals surface area contributed by atoms with Crippen LogP contribution in [0.4, 0.5) is 0 Å². The van der Waals surface area contributed by atoms with Gasteiger partial charge in [-0.1, -0.05) is 0 Å². The zero-order chi connectivity index (χ0) is 12.3. The molecule has 1 atom stereocenters. The van der Waals surface area contributed by atoms with Gasteiger partial charge in [0.2, 0.25) is 11.8 Å². The van der Waals surface area contributed by atoms with Gasteiger partial charge in [-0.3, -0.25) is 9.59 Å². The Hall–Kier alpha value is -0.810. The van der Waals surface area contributed by atoms with Crippen molar-refractivity contribution in [2.45, 2.75) is 31.7 Å². The van der Waals surface area contributed by atoms with Gasteiger partial charge in [0, 0.05) is 32.1 Å². The summed E-state index contributed by atoms with van der Waals surface area (Å²) in [6.07, 6.45) is 3.67. The van der Waals surface area contributed by atoms with Gasteiger partial charge in [-0.25, -0.2) is 0 Å². The number of nitrogens with one attached hydrogen (secondary N) is 1. The molecule has 0 aromatic heterocycles. The number of likely N-dealkylation sites (tertiary alicyclic amines) is 2. The molecule has 6 heteroatoms. The highest BCUT2D eigenvalue weighted by Gasteiger charge is 2.27. The first-order chi connectivity index (χ1) is 8.20. The van der Waals surface area contributed by atoms with E-state index in [4.69, 9.17) is 0 Å². The third kappa shape index (κ3) is 3.59. The molecule has 0 aromatic carbocycles. The number of piperidine rings is 1. The van der Waals surface area contributed by atoms with Gasteiger partial charge < -0.3 is 15.1 Å². The molecule has 0 saturated carbocycles. The first-order valence-corrected chi connectivity index (χ1v) is 6.43. The second-order valence-electron chi connectivity index (χ2n) is 4.89. The van der Waals surface area contributed by atoms with E-state index in [9.17, 15) is 9.59 Å². The fraction of sp³-hybridized carbons (Fsp3) is 0.833. The standard InChI is InChI=1S/C12H21N3O2.ClH/c1-13-10-4-2-6-14(8-10)12(17)9-15-7-3-5-11(15)16;/h10,13H,2-9H2,1H3;1H. The lowest BCUT2D eigenvalue weighted by Crippen LogP contribution is -2.50. The second kappa shape index (κ2) is 6.95. The molecule has 5 nitrogen and oxygen atoms in total. The van der Waals surface area contributed by atoms with Gasteiger partial charge in [0.15, 0.2) is 0 Å². The van der Waals surface area contributed by atoms with Gasteiger partial charge >= 0.3 is 0 Å². The van der Waals surface area contributed by atoms with Crippen molar-refractivity contribution >= 4 is 24.2 Å². The first kappa shape index (κ1) is 15.2. The van der Waals surface area contributed by atoms with Crippen molar-refractivity contribution in [1.29, 1.82) is 0 Å². The smallest absolute Gasteiger partial charge is 0.242 e. The molecule has 2 amide bonds. The monoisotopic (exact) mass is 275 g/mol. The normalized spacial score (nSPS) is 24.1. The van der Waals surface area contributed by atoms with Gasteiger partial charge in [-0.15, -0.1) is 12.4 Å². The van der Waals surface area contributed by atoms with E-state index in [0.717, 1.165) is 38.9 Å². The maximum Gasteiger partial charge on any atom is 0.242 e. The van der Waals surface area contributed by atoms with E-state index in [1.807, 2.05) is 11.9 Å². The minimum absolute atomic E-state index is 0. The van der Waals surface area contributed by atoms with Crippen molar-refractivity contribution in [2.24, 2.45) is 0 Å². The molecule has 2 fully saturated rings. The topological polar surface area (TPSA) is 52.7 Å². The number of amides is 2. The zero-order valence-corrected chi connectivity index (χ0v) is 11.7. The number of carbonyl (C=O) groups excluding carboxylic acids is 2. The molecule has 1 unspecified atom stereocenters. The predicted molar refractivity (Wildman–Crippen MR) is 71.7 cm³/mol. The van der Waals surface area contributed by atoms with Crippen LogP contribution >= 0.6 is 12.4 Å². The van der Waals surface area contributed by atoms with E-state index in [1.165, 1.54) is 0 Å². The van der Waals surface area contributed by atoms with Gasteiger partial charge in [0.25, 0.3) is 0 Å². The maximum absolute atomic E-state index is 12.1. The number of halogens is 1. The SMILES string of the molecule is CNC1CCCN(C(=O)CN2CCCC2=O)C1.Cl. The molecule has 2 heterocycles. The highest BCUT2D eigenvalue weighted by molar-refractivity contribution is 5.86. The molecule has 1 N–H and O–H groups in total. The lowest BCUT2D eigenvalue weighted by molar-refractivity contribution is -0.139. The van der Waals surface area contributed by atoms with E-state index in [0.29, 0.717) is 12.5 Å². The lowest BCUT2D eigenvalue weighted by Gasteiger charge is -2.33. The summed E-state index contributed by atoms with van der Waals surface area (Å²) in [5.41, 5.74) is 0. The third-order valence-corrected chi connectivity index (χ3v) is 3.68. The van der Waals surface area contributed by atoms with E-state index >= 15 is 0 Å². The van der Waals surface area contributed by atoms with Gasteiger partial charge in [0.05, 0.1) is 6.54 Å². The maximum atomic E-state index is 12.1. The largest absolute Gasteiger partial charge is 0.340 e. The highest BCUT2D eigenvalue weighted by atomic mass is 35.5. The summed E-state index contributed by atoms with van der Waals surface area (Å²) in [7, 11) is 1.93. The summed E-state index contributed by atoms with van der Waals surface area (Å²) in [5.74, 6) is 0.223. The second-order valence-corrected chi connectivity index (χ2v) is 4.89. The summed E-state index contributed by atoms with van der Waals surface area (Å²) in [5, 5.41) is 3.22. The van der Waals surface area contributed by atoms with Crippen LogP contribution in [0.15, 0.2) is 0 Å². The fourth-order valence-electron chi connectivity index (χ4n) is 2.57. The summed E-state index contributed by atoms with van der Waals surface area (Å²) >= 11 is 0. The van der Waals surface area contributed by atoms with Crippen molar-refractivity contribution in [1.82, 2.24) is 15.1 Å². The van der Waals surface area contributed by atoms with Gasteiger partial charge in [-0.05, 0) is 26.3 Å². The van der Waals surface area contributed by atoms with Crippen LogP contribution < -0.4 is 5.32 Å².